The summed E-state index contributed by atoms with van der Waals surface area (Å²) in [5.74, 6) is 1.63. The third-order valence-corrected chi connectivity index (χ3v) is 3.65. The highest BCUT2D eigenvalue weighted by atomic mass is 32.2. The van der Waals surface area contributed by atoms with Crippen LogP contribution in [0.4, 0.5) is 5.69 Å². The lowest BCUT2D eigenvalue weighted by Gasteiger charge is -2.05. The molecule has 1 aromatic heterocycles. The number of hydrogen-bond acceptors (Lipinski definition) is 4. The highest BCUT2D eigenvalue weighted by molar-refractivity contribution is 7.99. The van der Waals surface area contributed by atoms with Gasteiger partial charge < -0.3 is 15.5 Å². The fraction of sp³-hybridized carbons (Fsp3) is 0.133. The van der Waals surface area contributed by atoms with E-state index in [1.807, 2.05) is 48.5 Å². The standard InChI is InChI=1S/C15H15N3OS/c16-11-4-3-5-12(10-11)19-8-9-20-15-17-13-6-1-2-7-14(13)18-15/h1-7,10H,8-9,16H2,(H,17,18). The first kappa shape index (κ1) is 12.9. The van der Waals surface area contributed by atoms with Crippen molar-refractivity contribution in [2.75, 3.05) is 18.1 Å². The molecule has 4 nitrogen and oxygen atoms in total. The van der Waals surface area contributed by atoms with Gasteiger partial charge >= 0.3 is 0 Å². The molecule has 3 rings (SSSR count). The van der Waals surface area contributed by atoms with Gasteiger partial charge in [-0.2, -0.15) is 0 Å². The second-order valence-corrected chi connectivity index (χ2v) is 5.41. The lowest BCUT2D eigenvalue weighted by molar-refractivity contribution is 0.344. The van der Waals surface area contributed by atoms with E-state index in [0.29, 0.717) is 12.3 Å². The van der Waals surface area contributed by atoms with Crippen molar-refractivity contribution < 1.29 is 4.74 Å². The number of benzene rings is 2. The highest BCUT2D eigenvalue weighted by Crippen LogP contribution is 2.20. The van der Waals surface area contributed by atoms with E-state index in [-0.39, 0.29) is 0 Å². The Balaban J connectivity index is 1.52. The minimum Gasteiger partial charge on any atom is -0.493 e. The van der Waals surface area contributed by atoms with Gasteiger partial charge in [-0.1, -0.05) is 30.0 Å². The summed E-state index contributed by atoms with van der Waals surface area (Å²) in [6.45, 7) is 0.616. The summed E-state index contributed by atoms with van der Waals surface area (Å²) in [5.41, 5.74) is 8.47. The SMILES string of the molecule is Nc1cccc(OCCSc2nc3ccccc3[nH]2)c1. The van der Waals surface area contributed by atoms with Crippen molar-refractivity contribution in [3.8, 4) is 5.75 Å². The van der Waals surface area contributed by atoms with Crippen LogP contribution in [0.3, 0.4) is 0 Å². The normalized spacial score (nSPS) is 10.8. The average Bonchev–Trinajstić information content (AvgIpc) is 2.86. The molecule has 1 heterocycles. The van der Waals surface area contributed by atoms with Crippen molar-refractivity contribution in [2.24, 2.45) is 0 Å². The lowest BCUT2D eigenvalue weighted by atomic mass is 10.3. The van der Waals surface area contributed by atoms with Crippen molar-refractivity contribution in [2.45, 2.75) is 5.16 Å². The lowest BCUT2D eigenvalue weighted by Crippen LogP contribution is -2.00. The number of nitrogens with one attached hydrogen (secondary N) is 1. The van der Waals surface area contributed by atoms with E-state index >= 15 is 0 Å². The molecule has 0 aliphatic heterocycles. The van der Waals surface area contributed by atoms with Crippen LogP contribution >= 0.6 is 11.8 Å². The van der Waals surface area contributed by atoms with Gasteiger partial charge in [-0.3, -0.25) is 0 Å². The van der Waals surface area contributed by atoms with Crippen molar-refractivity contribution in [1.82, 2.24) is 9.97 Å². The first-order valence-electron chi connectivity index (χ1n) is 6.37. The zero-order chi connectivity index (χ0) is 13.8. The Bertz CT molecular complexity index is 678. The summed E-state index contributed by atoms with van der Waals surface area (Å²) < 4.78 is 5.64. The van der Waals surface area contributed by atoms with Crippen LogP contribution in [-0.2, 0) is 0 Å². The Kier molecular flexibility index (Phi) is 3.78. The van der Waals surface area contributed by atoms with E-state index in [2.05, 4.69) is 9.97 Å². The molecule has 3 N–H and O–H groups in total. The molecule has 0 saturated carbocycles. The quantitative estimate of drug-likeness (QED) is 0.429. The first-order valence-corrected chi connectivity index (χ1v) is 7.36. The molecule has 0 amide bonds. The number of thioether (sulfide) groups is 1. The zero-order valence-electron chi connectivity index (χ0n) is 10.9. The number of nitrogens with two attached hydrogens (primary N) is 1. The molecular formula is C15H15N3OS. The number of nitrogen functional groups attached to an aromatic ring is 1. The number of rotatable bonds is 5. The number of imidazole rings is 1. The number of para-hydroxylation sites is 2. The van der Waals surface area contributed by atoms with Gasteiger partial charge in [0.25, 0.3) is 0 Å². The summed E-state index contributed by atoms with van der Waals surface area (Å²) in [5, 5.41) is 0.919. The van der Waals surface area contributed by atoms with Crippen molar-refractivity contribution in [3.63, 3.8) is 0 Å². The van der Waals surface area contributed by atoms with Gasteiger partial charge in [-0.15, -0.1) is 0 Å². The molecule has 0 aliphatic carbocycles. The van der Waals surface area contributed by atoms with Gasteiger partial charge in [0.05, 0.1) is 17.6 Å². The predicted molar refractivity (Wildman–Crippen MR) is 83.2 cm³/mol. The van der Waals surface area contributed by atoms with Crippen LogP contribution in [0.2, 0.25) is 0 Å². The minimum absolute atomic E-state index is 0.616. The molecule has 0 radical (unpaired) electrons. The smallest absolute Gasteiger partial charge is 0.166 e. The van der Waals surface area contributed by atoms with Crippen LogP contribution in [0, 0.1) is 0 Å². The second kappa shape index (κ2) is 5.88. The van der Waals surface area contributed by atoms with Crippen molar-refractivity contribution in [3.05, 3.63) is 48.5 Å². The fourth-order valence-electron chi connectivity index (χ4n) is 1.90. The van der Waals surface area contributed by atoms with E-state index in [0.717, 1.165) is 27.7 Å². The third-order valence-electron chi connectivity index (χ3n) is 2.82. The van der Waals surface area contributed by atoms with Gasteiger partial charge in [0.15, 0.2) is 5.16 Å². The molecule has 0 bridgehead atoms. The molecule has 20 heavy (non-hydrogen) atoms. The highest BCUT2D eigenvalue weighted by Gasteiger charge is 2.02. The van der Waals surface area contributed by atoms with Gasteiger partial charge in [-0.25, -0.2) is 4.98 Å². The molecule has 0 saturated heterocycles. The molecule has 102 valence electrons. The number of hydrogen-bond donors (Lipinski definition) is 2. The number of nitrogens with zero attached hydrogens (tertiary/aromatic N) is 1. The fourth-order valence-corrected chi connectivity index (χ4v) is 2.60. The summed E-state index contributed by atoms with van der Waals surface area (Å²) >= 11 is 1.65. The Morgan fingerprint density at radius 2 is 2.05 bits per heavy atom. The van der Waals surface area contributed by atoms with E-state index in [1.54, 1.807) is 11.8 Å². The molecular weight excluding hydrogens is 270 g/mol. The monoisotopic (exact) mass is 285 g/mol. The Labute approximate surface area is 121 Å². The number of ether oxygens (including phenoxy) is 1. The van der Waals surface area contributed by atoms with E-state index < -0.39 is 0 Å². The van der Waals surface area contributed by atoms with Crippen molar-refractivity contribution in [1.29, 1.82) is 0 Å². The van der Waals surface area contributed by atoms with Crippen LogP contribution in [-0.4, -0.2) is 22.3 Å². The van der Waals surface area contributed by atoms with E-state index in [9.17, 15) is 0 Å². The summed E-state index contributed by atoms with van der Waals surface area (Å²) in [7, 11) is 0. The van der Waals surface area contributed by atoms with Crippen LogP contribution in [0.15, 0.2) is 53.7 Å². The summed E-state index contributed by atoms with van der Waals surface area (Å²) in [4.78, 5) is 7.78. The molecule has 5 heteroatoms. The molecule has 0 atom stereocenters. The number of anilines is 1. The first-order chi connectivity index (χ1) is 9.81. The van der Waals surface area contributed by atoms with E-state index in [1.165, 1.54) is 0 Å². The number of H-pyrrole nitrogens is 1. The van der Waals surface area contributed by atoms with Gasteiger partial charge in [0, 0.05) is 17.5 Å². The number of fused-ring (bicyclic) bond motifs is 1. The largest absolute Gasteiger partial charge is 0.493 e. The maximum absolute atomic E-state index is 5.70. The molecule has 0 spiro atoms. The molecule has 0 fully saturated rings. The molecule has 2 aromatic carbocycles. The van der Waals surface area contributed by atoms with Crippen LogP contribution in [0.1, 0.15) is 0 Å². The minimum atomic E-state index is 0.616. The van der Waals surface area contributed by atoms with Crippen molar-refractivity contribution >= 4 is 28.5 Å². The third kappa shape index (κ3) is 3.05. The van der Waals surface area contributed by atoms with Crippen LogP contribution in [0.25, 0.3) is 11.0 Å². The Morgan fingerprint density at radius 3 is 2.90 bits per heavy atom. The summed E-state index contributed by atoms with van der Waals surface area (Å²) in [6.07, 6.45) is 0. The maximum Gasteiger partial charge on any atom is 0.166 e. The van der Waals surface area contributed by atoms with Gasteiger partial charge in [0.1, 0.15) is 5.75 Å². The number of aromatic nitrogens is 2. The van der Waals surface area contributed by atoms with Gasteiger partial charge in [-0.05, 0) is 24.3 Å². The maximum atomic E-state index is 5.70. The molecule has 3 aromatic rings. The Hall–Kier alpha value is -2.14. The second-order valence-electron chi connectivity index (χ2n) is 4.33. The zero-order valence-corrected chi connectivity index (χ0v) is 11.7. The number of aromatic amines is 1. The Morgan fingerprint density at radius 1 is 1.15 bits per heavy atom. The predicted octanol–water partition coefficient (Wildman–Crippen LogP) is 3.32. The average molecular weight is 285 g/mol. The van der Waals surface area contributed by atoms with Crippen LogP contribution < -0.4 is 10.5 Å². The van der Waals surface area contributed by atoms with Gasteiger partial charge in [0.2, 0.25) is 0 Å². The summed E-state index contributed by atoms with van der Waals surface area (Å²) in [6, 6.07) is 15.5. The molecule has 0 unspecified atom stereocenters. The van der Waals surface area contributed by atoms with Crippen LogP contribution in [0.5, 0.6) is 5.75 Å². The topological polar surface area (TPSA) is 63.9 Å². The van der Waals surface area contributed by atoms with E-state index in [4.69, 9.17) is 10.5 Å². The molecule has 0 aliphatic rings.